The number of carbonyl (C=O) groups is 2. The molecule has 0 aliphatic carbocycles. The maximum Gasteiger partial charge on any atom is 0.266 e. The largest absolute Gasteiger partial charge is 0.496 e. The molecule has 0 saturated heterocycles. The Bertz CT molecular complexity index is 986. The molecular formula is C20H15NO5. The standard InChI is InChI=1S/C20H15NO5/c1-25-18-10-12(6-8-16(18)17-9-7-13(11-22)26-17)21-19(23)14-4-2-3-5-15(14)20(21)24/h2-10,22H,11H2,1H3. The number of hydrogen-bond donors (Lipinski definition) is 1. The van der Waals surface area contributed by atoms with Crippen LogP contribution < -0.4 is 9.64 Å². The maximum absolute atomic E-state index is 12.6. The van der Waals surface area contributed by atoms with E-state index >= 15 is 0 Å². The predicted molar refractivity (Wildman–Crippen MR) is 94.2 cm³/mol. The first-order chi connectivity index (χ1) is 12.6. The summed E-state index contributed by atoms with van der Waals surface area (Å²) in [6.45, 7) is -0.199. The fraction of sp³-hybridized carbons (Fsp3) is 0.100. The number of furan rings is 1. The Morgan fingerprint density at radius 2 is 1.65 bits per heavy atom. The first kappa shape index (κ1) is 16.1. The molecule has 3 aromatic rings. The maximum atomic E-state index is 12.6. The van der Waals surface area contributed by atoms with Gasteiger partial charge in [0.1, 0.15) is 23.9 Å². The highest BCUT2D eigenvalue weighted by atomic mass is 16.5. The minimum atomic E-state index is -0.360. The third-order valence-electron chi connectivity index (χ3n) is 4.32. The molecule has 4 rings (SSSR count). The minimum absolute atomic E-state index is 0.199. The molecule has 2 amide bonds. The van der Waals surface area contributed by atoms with E-state index in [0.717, 1.165) is 4.90 Å². The van der Waals surface area contributed by atoms with Crippen molar-refractivity contribution in [1.29, 1.82) is 0 Å². The van der Waals surface area contributed by atoms with Crippen molar-refractivity contribution in [2.45, 2.75) is 6.61 Å². The van der Waals surface area contributed by atoms with Crippen LogP contribution in [-0.4, -0.2) is 24.0 Å². The van der Waals surface area contributed by atoms with E-state index in [1.54, 1.807) is 54.6 Å². The van der Waals surface area contributed by atoms with Crippen molar-refractivity contribution in [1.82, 2.24) is 0 Å². The Morgan fingerprint density at radius 3 is 2.23 bits per heavy atom. The molecule has 0 fully saturated rings. The summed E-state index contributed by atoms with van der Waals surface area (Å²) < 4.78 is 11.0. The van der Waals surface area contributed by atoms with Gasteiger partial charge in [-0.15, -0.1) is 0 Å². The zero-order valence-corrected chi connectivity index (χ0v) is 13.9. The predicted octanol–water partition coefficient (Wildman–Crippen LogP) is 3.25. The molecule has 1 aliphatic rings. The number of rotatable bonds is 4. The normalized spacial score (nSPS) is 13.2. The van der Waals surface area contributed by atoms with Crippen LogP contribution in [0.3, 0.4) is 0 Å². The summed E-state index contributed by atoms with van der Waals surface area (Å²) in [6.07, 6.45) is 0. The summed E-state index contributed by atoms with van der Waals surface area (Å²) in [6, 6.07) is 15.1. The molecule has 0 atom stereocenters. The van der Waals surface area contributed by atoms with Crippen LogP contribution in [0.2, 0.25) is 0 Å². The highest BCUT2D eigenvalue weighted by molar-refractivity contribution is 6.34. The number of aliphatic hydroxyl groups is 1. The molecule has 1 N–H and O–H groups in total. The number of aliphatic hydroxyl groups excluding tert-OH is 1. The summed E-state index contributed by atoms with van der Waals surface area (Å²) in [4.78, 5) is 26.4. The summed E-state index contributed by atoms with van der Waals surface area (Å²) in [7, 11) is 1.50. The average Bonchev–Trinajstić information content (AvgIpc) is 3.25. The quantitative estimate of drug-likeness (QED) is 0.732. The highest BCUT2D eigenvalue weighted by Gasteiger charge is 2.36. The van der Waals surface area contributed by atoms with E-state index in [2.05, 4.69) is 0 Å². The van der Waals surface area contributed by atoms with Crippen LogP contribution in [0.5, 0.6) is 5.75 Å². The molecule has 0 spiro atoms. The number of hydrogen-bond acceptors (Lipinski definition) is 5. The smallest absolute Gasteiger partial charge is 0.266 e. The number of ether oxygens (including phenoxy) is 1. The van der Waals surface area contributed by atoms with Gasteiger partial charge in [-0.3, -0.25) is 9.59 Å². The number of imide groups is 1. The summed E-state index contributed by atoms with van der Waals surface area (Å²) in [5.41, 5.74) is 1.86. The Labute approximate surface area is 149 Å². The second-order valence-corrected chi connectivity index (χ2v) is 5.80. The number of methoxy groups -OCH3 is 1. The molecule has 6 heteroatoms. The SMILES string of the molecule is COc1cc(N2C(=O)c3ccccc3C2=O)ccc1-c1ccc(CO)o1. The number of fused-ring (bicyclic) bond motifs is 1. The van der Waals surface area contributed by atoms with Crippen LogP contribution in [0.4, 0.5) is 5.69 Å². The first-order valence-electron chi connectivity index (χ1n) is 8.00. The van der Waals surface area contributed by atoms with Gasteiger partial charge < -0.3 is 14.3 Å². The van der Waals surface area contributed by atoms with Crippen LogP contribution >= 0.6 is 0 Å². The number of anilines is 1. The van der Waals surface area contributed by atoms with E-state index in [-0.39, 0.29) is 18.4 Å². The summed E-state index contributed by atoms with van der Waals surface area (Å²) in [5.74, 6) is 0.700. The van der Waals surface area contributed by atoms with Gasteiger partial charge in [0.05, 0.1) is 29.5 Å². The van der Waals surface area contributed by atoms with Gasteiger partial charge in [0.2, 0.25) is 0 Å². The third-order valence-corrected chi connectivity index (χ3v) is 4.32. The summed E-state index contributed by atoms with van der Waals surface area (Å²) in [5, 5.41) is 9.15. The van der Waals surface area contributed by atoms with Crippen LogP contribution in [0.25, 0.3) is 11.3 Å². The van der Waals surface area contributed by atoms with Crippen molar-refractivity contribution >= 4 is 17.5 Å². The third kappa shape index (κ3) is 2.39. The van der Waals surface area contributed by atoms with Crippen molar-refractivity contribution in [3.8, 4) is 17.1 Å². The van der Waals surface area contributed by atoms with Crippen molar-refractivity contribution in [3.63, 3.8) is 0 Å². The van der Waals surface area contributed by atoms with Gasteiger partial charge >= 0.3 is 0 Å². The van der Waals surface area contributed by atoms with Gasteiger partial charge in [0.25, 0.3) is 11.8 Å². The number of nitrogens with zero attached hydrogens (tertiary/aromatic N) is 1. The molecule has 130 valence electrons. The monoisotopic (exact) mass is 349 g/mol. The lowest BCUT2D eigenvalue weighted by atomic mass is 10.1. The van der Waals surface area contributed by atoms with Gasteiger partial charge in [-0.25, -0.2) is 4.90 Å². The second kappa shape index (κ2) is 6.16. The lowest BCUT2D eigenvalue weighted by Gasteiger charge is -2.16. The molecule has 0 radical (unpaired) electrons. The fourth-order valence-corrected chi connectivity index (χ4v) is 3.05. The van der Waals surface area contributed by atoms with E-state index in [1.807, 2.05) is 0 Å². The molecular weight excluding hydrogens is 334 g/mol. The van der Waals surface area contributed by atoms with Gasteiger partial charge in [-0.2, -0.15) is 0 Å². The average molecular weight is 349 g/mol. The van der Waals surface area contributed by atoms with Gasteiger partial charge in [-0.05, 0) is 36.4 Å². The molecule has 0 bridgehead atoms. The van der Waals surface area contributed by atoms with Crippen LogP contribution in [0.15, 0.2) is 59.0 Å². The Balaban J connectivity index is 1.75. The lowest BCUT2D eigenvalue weighted by Crippen LogP contribution is -2.29. The molecule has 6 nitrogen and oxygen atoms in total. The van der Waals surface area contributed by atoms with Crippen molar-refractivity contribution in [2.75, 3.05) is 12.0 Å². The molecule has 2 aromatic carbocycles. The first-order valence-corrected chi connectivity index (χ1v) is 8.00. The fourth-order valence-electron chi connectivity index (χ4n) is 3.05. The van der Waals surface area contributed by atoms with E-state index < -0.39 is 0 Å². The topological polar surface area (TPSA) is 80.0 Å². The molecule has 1 aromatic heterocycles. The molecule has 26 heavy (non-hydrogen) atoms. The van der Waals surface area contributed by atoms with Gasteiger partial charge in [0.15, 0.2) is 0 Å². The van der Waals surface area contributed by atoms with Gasteiger partial charge in [0, 0.05) is 6.07 Å². The number of benzene rings is 2. The van der Waals surface area contributed by atoms with Crippen LogP contribution in [0.1, 0.15) is 26.5 Å². The van der Waals surface area contributed by atoms with Crippen molar-refractivity contribution in [2.24, 2.45) is 0 Å². The van der Waals surface area contributed by atoms with Crippen LogP contribution in [0, 0.1) is 0 Å². The van der Waals surface area contributed by atoms with Crippen molar-refractivity contribution < 1.29 is 23.8 Å². The van der Waals surface area contributed by atoms with E-state index in [0.29, 0.717) is 39.6 Å². The number of amides is 2. The minimum Gasteiger partial charge on any atom is -0.496 e. The molecule has 0 saturated carbocycles. The Hall–Kier alpha value is -3.38. The zero-order chi connectivity index (χ0) is 18.3. The lowest BCUT2D eigenvalue weighted by molar-refractivity contribution is 0.0926. The van der Waals surface area contributed by atoms with E-state index in [9.17, 15) is 9.59 Å². The van der Waals surface area contributed by atoms with Crippen molar-refractivity contribution in [3.05, 3.63) is 71.5 Å². The molecule has 2 heterocycles. The van der Waals surface area contributed by atoms with Gasteiger partial charge in [-0.1, -0.05) is 12.1 Å². The van der Waals surface area contributed by atoms with Crippen LogP contribution in [-0.2, 0) is 6.61 Å². The number of carbonyl (C=O) groups excluding carboxylic acids is 2. The zero-order valence-electron chi connectivity index (χ0n) is 13.9. The molecule has 0 unspecified atom stereocenters. The highest BCUT2D eigenvalue weighted by Crippen LogP contribution is 2.37. The second-order valence-electron chi connectivity index (χ2n) is 5.80. The molecule has 1 aliphatic heterocycles. The summed E-state index contributed by atoms with van der Waals surface area (Å²) >= 11 is 0. The van der Waals surface area contributed by atoms with E-state index in [4.69, 9.17) is 14.3 Å². The Morgan fingerprint density at radius 1 is 0.962 bits per heavy atom. The Kier molecular flexibility index (Phi) is 3.82. The van der Waals surface area contributed by atoms with E-state index in [1.165, 1.54) is 7.11 Å².